The van der Waals surface area contributed by atoms with Gasteiger partial charge in [0.2, 0.25) is 0 Å². The molecule has 0 fully saturated rings. The molecule has 3 aromatic rings. The fraction of sp³-hybridized carbons (Fsp3) is 0.158. The SMILES string of the molecule is CCOc1ccc(S(=O)(=O)Nc2cccc(C)c2)c2ccccc12. The van der Waals surface area contributed by atoms with Gasteiger partial charge in [0, 0.05) is 16.5 Å². The third-order valence-corrected chi connectivity index (χ3v) is 5.14. The number of hydrogen-bond acceptors (Lipinski definition) is 3. The van der Waals surface area contributed by atoms with Crippen LogP contribution in [-0.2, 0) is 10.0 Å². The van der Waals surface area contributed by atoms with E-state index in [1.165, 1.54) is 0 Å². The van der Waals surface area contributed by atoms with Crippen molar-refractivity contribution in [1.29, 1.82) is 0 Å². The standard InChI is InChI=1S/C19H19NO3S/c1-3-23-18-11-12-19(17-10-5-4-9-16(17)18)24(21,22)20-15-8-6-7-14(2)13-15/h4-13,20H,3H2,1-2H3. The Labute approximate surface area is 142 Å². The van der Waals surface area contributed by atoms with Gasteiger partial charge in [-0.05, 0) is 43.7 Å². The number of nitrogens with one attached hydrogen (secondary N) is 1. The molecule has 0 heterocycles. The molecular weight excluding hydrogens is 322 g/mol. The number of anilines is 1. The van der Waals surface area contributed by atoms with Gasteiger partial charge >= 0.3 is 0 Å². The van der Waals surface area contributed by atoms with Crippen molar-refractivity contribution in [1.82, 2.24) is 0 Å². The largest absolute Gasteiger partial charge is 0.493 e. The highest BCUT2D eigenvalue weighted by atomic mass is 32.2. The molecule has 0 bridgehead atoms. The van der Waals surface area contributed by atoms with Crippen molar-refractivity contribution < 1.29 is 13.2 Å². The summed E-state index contributed by atoms with van der Waals surface area (Å²) >= 11 is 0. The lowest BCUT2D eigenvalue weighted by atomic mass is 10.1. The lowest BCUT2D eigenvalue weighted by Gasteiger charge is -2.13. The summed E-state index contributed by atoms with van der Waals surface area (Å²) in [5, 5.41) is 1.43. The van der Waals surface area contributed by atoms with Crippen LogP contribution in [-0.4, -0.2) is 15.0 Å². The molecule has 5 heteroatoms. The predicted molar refractivity (Wildman–Crippen MR) is 97.1 cm³/mol. The van der Waals surface area contributed by atoms with Crippen molar-refractivity contribution in [2.24, 2.45) is 0 Å². The Hall–Kier alpha value is -2.53. The van der Waals surface area contributed by atoms with Crippen LogP contribution in [0.25, 0.3) is 10.8 Å². The van der Waals surface area contributed by atoms with Gasteiger partial charge in [0.15, 0.2) is 0 Å². The molecule has 24 heavy (non-hydrogen) atoms. The fourth-order valence-corrected chi connectivity index (χ4v) is 3.94. The van der Waals surface area contributed by atoms with Crippen LogP contribution in [0.1, 0.15) is 12.5 Å². The van der Waals surface area contributed by atoms with Gasteiger partial charge in [-0.15, -0.1) is 0 Å². The third-order valence-electron chi connectivity index (χ3n) is 3.70. The molecule has 0 aromatic heterocycles. The van der Waals surface area contributed by atoms with Crippen LogP contribution in [0.2, 0.25) is 0 Å². The maximum atomic E-state index is 12.8. The fourth-order valence-electron chi connectivity index (χ4n) is 2.68. The van der Waals surface area contributed by atoms with Gasteiger partial charge < -0.3 is 4.74 Å². The molecule has 0 aliphatic heterocycles. The summed E-state index contributed by atoms with van der Waals surface area (Å²) in [7, 11) is -3.69. The highest BCUT2D eigenvalue weighted by Gasteiger charge is 2.19. The lowest BCUT2D eigenvalue weighted by molar-refractivity contribution is 0.344. The maximum Gasteiger partial charge on any atom is 0.262 e. The van der Waals surface area contributed by atoms with Crippen molar-refractivity contribution in [3.05, 3.63) is 66.2 Å². The van der Waals surface area contributed by atoms with E-state index in [0.29, 0.717) is 23.4 Å². The highest BCUT2D eigenvalue weighted by Crippen LogP contribution is 2.32. The second-order valence-corrected chi connectivity index (χ2v) is 7.17. The van der Waals surface area contributed by atoms with Crippen molar-refractivity contribution in [3.8, 4) is 5.75 Å². The molecule has 0 amide bonds. The second kappa shape index (κ2) is 6.53. The smallest absolute Gasteiger partial charge is 0.262 e. The Kier molecular flexibility index (Phi) is 4.44. The number of fused-ring (bicyclic) bond motifs is 1. The van der Waals surface area contributed by atoms with Crippen molar-refractivity contribution >= 4 is 26.5 Å². The van der Waals surface area contributed by atoms with E-state index in [9.17, 15) is 8.42 Å². The summed E-state index contributed by atoms with van der Waals surface area (Å²) in [6.45, 7) is 4.35. The van der Waals surface area contributed by atoms with E-state index in [1.807, 2.05) is 44.2 Å². The van der Waals surface area contributed by atoms with Crippen LogP contribution in [0.15, 0.2) is 65.6 Å². The first-order valence-corrected chi connectivity index (χ1v) is 9.23. The number of ether oxygens (including phenoxy) is 1. The first-order valence-electron chi connectivity index (χ1n) is 7.75. The van der Waals surface area contributed by atoms with Gasteiger partial charge in [0.05, 0.1) is 11.5 Å². The van der Waals surface area contributed by atoms with E-state index in [-0.39, 0.29) is 4.90 Å². The molecule has 0 spiro atoms. The quantitative estimate of drug-likeness (QED) is 0.751. The Balaban J connectivity index is 2.10. The van der Waals surface area contributed by atoms with E-state index in [4.69, 9.17) is 4.74 Å². The molecule has 0 atom stereocenters. The topological polar surface area (TPSA) is 55.4 Å². The van der Waals surface area contributed by atoms with Gasteiger partial charge in [-0.3, -0.25) is 4.72 Å². The number of aryl methyl sites for hydroxylation is 1. The molecule has 0 unspecified atom stereocenters. The van der Waals surface area contributed by atoms with Gasteiger partial charge in [-0.25, -0.2) is 8.42 Å². The van der Waals surface area contributed by atoms with Crippen molar-refractivity contribution in [3.63, 3.8) is 0 Å². The zero-order valence-electron chi connectivity index (χ0n) is 13.6. The van der Waals surface area contributed by atoms with Gasteiger partial charge in [-0.1, -0.05) is 36.4 Å². The Morgan fingerprint density at radius 2 is 1.71 bits per heavy atom. The minimum atomic E-state index is -3.69. The van der Waals surface area contributed by atoms with Crippen LogP contribution in [0, 0.1) is 6.92 Å². The minimum absolute atomic E-state index is 0.239. The van der Waals surface area contributed by atoms with Gasteiger partial charge in [0.1, 0.15) is 5.75 Å². The van der Waals surface area contributed by atoms with Gasteiger partial charge in [-0.2, -0.15) is 0 Å². The molecule has 3 rings (SSSR count). The third kappa shape index (κ3) is 3.21. The zero-order valence-corrected chi connectivity index (χ0v) is 14.4. The molecule has 4 nitrogen and oxygen atoms in total. The number of hydrogen-bond donors (Lipinski definition) is 1. The van der Waals surface area contributed by atoms with E-state index in [1.54, 1.807) is 30.3 Å². The average Bonchev–Trinajstić information content (AvgIpc) is 2.55. The highest BCUT2D eigenvalue weighted by molar-refractivity contribution is 7.93. The van der Waals surface area contributed by atoms with Crippen LogP contribution in [0.4, 0.5) is 5.69 Å². The molecule has 1 N–H and O–H groups in total. The van der Waals surface area contributed by atoms with E-state index in [2.05, 4.69) is 4.72 Å². The minimum Gasteiger partial charge on any atom is -0.493 e. The average molecular weight is 341 g/mol. The first-order chi connectivity index (χ1) is 11.5. The number of benzene rings is 3. The molecule has 0 aliphatic carbocycles. The molecule has 0 saturated carbocycles. The Morgan fingerprint density at radius 1 is 0.958 bits per heavy atom. The summed E-state index contributed by atoms with van der Waals surface area (Å²) in [5.74, 6) is 0.683. The molecular formula is C19H19NO3S. The van der Waals surface area contributed by atoms with Crippen LogP contribution < -0.4 is 9.46 Å². The van der Waals surface area contributed by atoms with Crippen molar-refractivity contribution in [2.45, 2.75) is 18.7 Å². The molecule has 0 saturated heterocycles. The van der Waals surface area contributed by atoms with E-state index < -0.39 is 10.0 Å². The normalized spacial score (nSPS) is 11.4. The van der Waals surface area contributed by atoms with Crippen LogP contribution in [0.3, 0.4) is 0 Å². The summed E-state index contributed by atoms with van der Waals surface area (Å²) < 4.78 is 33.9. The molecule has 0 radical (unpaired) electrons. The summed E-state index contributed by atoms with van der Waals surface area (Å²) in [6.07, 6.45) is 0. The van der Waals surface area contributed by atoms with E-state index in [0.717, 1.165) is 10.9 Å². The van der Waals surface area contributed by atoms with Gasteiger partial charge in [0.25, 0.3) is 10.0 Å². The summed E-state index contributed by atoms with van der Waals surface area (Å²) in [4.78, 5) is 0.239. The maximum absolute atomic E-state index is 12.8. The lowest BCUT2D eigenvalue weighted by Crippen LogP contribution is -2.13. The van der Waals surface area contributed by atoms with Crippen molar-refractivity contribution in [2.75, 3.05) is 11.3 Å². The Morgan fingerprint density at radius 3 is 2.42 bits per heavy atom. The second-order valence-electron chi connectivity index (χ2n) is 5.52. The summed E-state index contributed by atoms with van der Waals surface area (Å²) in [5.41, 5.74) is 1.54. The molecule has 3 aromatic carbocycles. The molecule has 124 valence electrons. The Bertz CT molecular complexity index is 981. The van der Waals surface area contributed by atoms with E-state index >= 15 is 0 Å². The van der Waals surface area contributed by atoms with Crippen LogP contribution in [0.5, 0.6) is 5.75 Å². The molecule has 0 aliphatic rings. The first kappa shape index (κ1) is 16.3. The number of rotatable bonds is 5. The zero-order chi connectivity index (χ0) is 17.2. The summed E-state index contributed by atoms with van der Waals surface area (Å²) in [6, 6.07) is 17.9. The predicted octanol–water partition coefficient (Wildman–Crippen LogP) is 4.35. The monoisotopic (exact) mass is 341 g/mol. The van der Waals surface area contributed by atoms with Crippen LogP contribution >= 0.6 is 0 Å². The number of sulfonamides is 1.